The molecule has 4 aromatic rings. The third kappa shape index (κ3) is 7.81. The van der Waals surface area contributed by atoms with Crippen LogP contribution in [0.15, 0.2) is 78.9 Å². The van der Waals surface area contributed by atoms with E-state index in [0.29, 0.717) is 0 Å². The van der Waals surface area contributed by atoms with Gasteiger partial charge in [0.15, 0.2) is 0 Å². The molecule has 3 aromatic carbocycles. The van der Waals surface area contributed by atoms with Crippen molar-refractivity contribution < 1.29 is 4.74 Å². The summed E-state index contributed by atoms with van der Waals surface area (Å²) in [6.07, 6.45) is 6.32. The Morgan fingerprint density at radius 3 is 2.26 bits per heavy atom. The minimum Gasteiger partial charge on any atom is -0.494 e. The maximum Gasteiger partial charge on any atom is 0.119 e. The van der Waals surface area contributed by atoms with Crippen LogP contribution in [0.5, 0.6) is 5.75 Å². The lowest BCUT2D eigenvalue weighted by Gasteiger charge is -2.34. The van der Waals surface area contributed by atoms with E-state index >= 15 is 0 Å². The number of hydrogen-bond acceptors (Lipinski definition) is 4. The molecule has 0 spiro atoms. The summed E-state index contributed by atoms with van der Waals surface area (Å²) in [6, 6.07) is 26.2. The molecule has 1 saturated heterocycles. The van der Waals surface area contributed by atoms with E-state index < -0.39 is 0 Å². The molecule has 1 fully saturated rings. The third-order valence-electron chi connectivity index (χ3n) is 6.92. The number of unbranched alkanes of at least 4 members (excludes halogenated alkanes) is 1. The topological polar surface area (TPSA) is 28.6 Å². The molecule has 5 rings (SSSR count). The summed E-state index contributed by atoms with van der Waals surface area (Å²) >= 11 is 12.1. The highest BCUT2D eigenvalue weighted by Crippen LogP contribution is 2.20. The Labute approximate surface area is 235 Å². The molecule has 0 bridgehead atoms. The van der Waals surface area contributed by atoms with Gasteiger partial charge in [-0.1, -0.05) is 59.6 Å². The van der Waals surface area contributed by atoms with E-state index in [9.17, 15) is 0 Å². The highest BCUT2D eigenvalue weighted by Gasteiger charge is 2.16. The van der Waals surface area contributed by atoms with Crippen molar-refractivity contribution in [2.24, 2.45) is 0 Å². The van der Waals surface area contributed by atoms with Crippen molar-refractivity contribution >= 4 is 46.3 Å². The summed E-state index contributed by atoms with van der Waals surface area (Å²) in [4.78, 5) is 9.78. The number of hydrogen-bond donors (Lipinski definition) is 0. The van der Waals surface area contributed by atoms with Gasteiger partial charge in [0.25, 0.3) is 0 Å². The van der Waals surface area contributed by atoms with E-state index in [0.717, 1.165) is 96.7 Å². The van der Waals surface area contributed by atoms with Crippen LogP contribution in [0.3, 0.4) is 0 Å². The maximum absolute atomic E-state index is 6.06. The van der Waals surface area contributed by atoms with Crippen molar-refractivity contribution in [3.8, 4) is 5.75 Å². The molecule has 0 aliphatic carbocycles. The van der Waals surface area contributed by atoms with Crippen LogP contribution in [0.2, 0.25) is 10.0 Å². The van der Waals surface area contributed by atoms with Gasteiger partial charge in [-0.2, -0.15) is 0 Å². The van der Waals surface area contributed by atoms with Crippen LogP contribution in [-0.2, 0) is 6.54 Å². The molecule has 0 saturated carbocycles. The largest absolute Gasteiger partial charge is 0.494 e. The van der Waals surface area contributed by atoms with Crippen LogP contribution in [-0.4, -0.2) is 54.1 Å². The number of halogens is 2. The lowest BCUT2D eigenvalue weighted by molar-refractivity contribution is 0.124. The number of nitrogens with zero attached hydrogens (tertiary/aromatic N) is 3. The van der Waals surface area contributed by atoms with Crippen LogP contribution in [0.1, 0.15) is 29.7 Å². The van der Waals surface area contributed by atoms with E-state index in [4.69, 9.17) is 27.9 Å². The summed E-state index contributed by atoms with van der Waals surface area (Å²) in [5.41, 5.74) is 4.31. The fraction of sp³-hybridized carbons (Fsp3) is 0.281. The molecule has 0 amide bonds. The molecule has 2 heterocycles. The molecule has 0 unspecified atom stereocenters. The van der Waals surface area contributed by atoms with Gasteiger partial charge in [0.2, 0.25) is 0 Å². The van der Waals surface area contributed by atoms with Gasteiger partial charge in [0.05, 0.1) is 17.8 Å². The second kappa shape index (κ2) is 13.3. The highest BCUT2D eigenvalue weighted by atomic mass is 35.5. The van der Waals surface area contributed by atoms with Gasteiger partial charge in [-0.3, -0.25) is 4.90 Å². The Morgan fingerprint density at radius 2 is 1.47 bits per heavy atom. The first-order chi connectivity index (χ1) is 18.6. The first kappa shape index (κ1) is 26.7. The zero-order chi connectivity index (χ0) is 26.2. The zero-order valence-corrected chi connectivity index (χ0v) is 23.0. The van der Waals surface area contributed by atoms with Gasteiger partial charge in [0, 0.05) is 48.2 Å². The Hall–Kier alpha value is -2.89. The normalized spacial score (nSPS) is 14.9. The van der Waals surface area contributed by atoms with Crippen molar-refractivity contribution in [1.29, 1.82) is 0 Å². The molecular formula is C32H33Cl2N3O. The summed E-state index contributed by atoms with van der Waals surface area (Å²) < 4.78 is 5.98. The van der Waals surface area contributed by atoms with Crippen LogP contribution in [0.25, 0.3) is 23.1 Å². The quantitative estimate of drug-likeness (QED) is 0.191. The van der Waals surface area contributed by atoms with Crippen molar-refractivity contribution in [2.75, 3.05) is 39.3 Å². The lowest BCUT2D eigenvalue weighted by Crippen LogP contribution is -2.46. The fourth-order valence-corrected chi connectivity index (χ4v) is 5.01. The molecule has 1 aliphatic rings. The Bertz CT molecular complexity index is 1350. The average molecular weight is 547 g/mol. The maximum atomic E-state index is 6.06. The number of benzene rings is 3. The van der Waals surface area contributed by atoms with Crippen molar-refractivity contribution in [3.05, 3.63) is 106 Å². The molecule has 196 valence electrons. The number of aromatic nitrogens is 1. The van der Waals surface area contributed by atoms with Crippen LogP contribution in [0.4, 0.5) is 0 Å². The van der Waals surface area contributed by atoms with Crippen molar-refractivity contribution in [3.63, 3.8) is 0 Å². The molecular weight excluding hydrogens is 513 g/mol. The van der Waals surface area contributed by atoms with Gasteiger partial charge in [0.1, 0.15) is 5.75 Å². The monoisotopic (exact) mass is 545 g/mol. The standard InChI is InChI=1S/C32H33Cl2N3O/c33-28-9-3-26(4-10-28)24-37-20-18-36(19-21-37)17-1-2-22-38-31-14-6-25(7-15-31)5-12-30-13-8-27-23-29(34)11-16-32(27)35-30/h3-16,23H,1-2,17-22,24H2/b12-5+. The second-order valence-corrected chi connectivity index (χ2v) is 10.6. The van der Waals surface area contributed by atoms with E-state index in [1.807, 2.05) is 60.7 Å². The average Bonchev–Trinajstić information content (AvgIpc) is 2.94. The van der Waals surface area contributed by atoms with E-state index in [1.54, 1.807) is 0 Å². The lowest BCUT2D eigenvalue weighted by atomic mass is 10.1. The zero-order valence-electron chi connectivity index (χ0n) is 21.5. The Morgan fingerprint density at radius 1 is 0.737 bits per heavy atom. The van der Waals surface area contributed by atoms with Crippen LogP contribution < -0.4 is 4.74 Å². The van der Waals surface area contributed by atoms with Gasteiger partial charge in [-0.05, 0) is 85.1 Å². The SMILES string of the molecule is Clc1ccc(CN2CCN(CCCCOc3ccc(/C=C/c4ccc5cc(Cl)ccc5n4)cc3)CC2)cc1. The smallest absolute Gasteiger partial charge is 0.119 e. The minimum absolute atomic E-state index is 0.727. The van der Waals surface area contributed by atoms with Gasteiger partial charge >= 0.3 is 0 Å². The Balaban J connectivity index is 0.982. The van der Waals surface area contributed by atoms with Gasteiger partial charge in [-0.25, -0.2) is 4.98 Å². The first-order valence-corrected chi connectivity index (χ1v) is 14.0. The van der Waals surface area contributed by atoms with E-state index in [-0.39, 0.29) is 0 Å². The number of rotatable bonds is 10. The minimum atomic E-state index is 0.727. The van der Waals surface area contributed by atoms with E-state index in [2.05, 4.69) is 45.1 Å². The molecule has 6 heteroatoms. The number of piperazine rings is 1. The second-order valence-electron chi connectivity index (χ2n) is 9.78. The van der Waals surface area contributed by atoms with Crippen LogP contribution in [0, 0.1) is 0 Å². The number of fused-ring (bicyclic) bond motifs is 1. The summed E-state index contributed by atoms with van der Waals surface area (Å²) in [7, 11) is 0. The predicted octanol–water partition coefficient (Wildman–Crippen LogP) is 7.69. The van der Waals surface area contributed by atoms with Crippen molar-refractivity contribution in [2.45, 2.75) is 19.4 Å². The van der Waals surface area contributed by atoms with Gasteiger partial charge in [-0.15, -0.1) is 0 Å². The number of pyridine rings is 1. The fourth-order valence-electron chi connectivity index (χ4n) is 4.71. The molecule has 4 nitrogen and oxygen atoms in total. The third-order valence-corrected chi connectivity index (χ3v) is 7.41. The van der Waals surface area contributed by atoms with Crippen molar-refractivity contribution in [1.82, 2.24) is 14.8 Å². The van der Waals surface area contributed by atoms with E-state index in [1.165, 1.54) is 5.56 Å². The summed E-state index contributed by atoms with van der Waals surface area (Å²) in [6.45, 7) is 7.38. The van der Waals surface area contributed by atoms with Gasteiger partial charge < -0.3 is 9.64 Å². The molecule has 1 aromatic heterocycles. The summed E-state index contributed by atoms with van der Waals surface area (Å²) in [5, 5.41) is 2.57. The molecule has 0 atom stereocenters. The molecule has 38 heavy (non-hydrogen) atoms. The van der Waals surface area contributed by atoms with Crippen LogP contribution >= 0.6 is 23.2 Å². The molecule has 1 aliphatic heterocycles. The molecule has 0 N–H and O–H groups in total. The highest BCUT2D eigenvalue weighted by molar-refractivity contribution is 6.31. The first-order valence-electron chi connectivity index (χ1n) is 13.3. The number of ether oxygens (including phenoxy) is 1. The Kier molecular flexibility index (Phi) is 9.32. The summed E-state index contributed by atoms with van der Waals surface area (Å²) in [5.74, 6) is 0.915. The molecule has 0 radical (unpaired) electrons. The predicted molar refractivity (Wildman–Crippen MR) is 160 cm³/mol.